The Morgan fingerprint density at radius 2 is 1.61 bits per heavy atom. The van der Waals surface area contributed by atoms with Crippen LogP contribution in [0.15, 0.2) is 72.9 Å². The highest BCUT2D eigenvalue weighted by atomic mass is 19.4. The number of carboxylic acid groups (broad SMARTS) is 1. The number of carbonyl (C=O) groups is 1. The van der Waals surface area contributed by atoms with Gasteiger partial charge in [0.25, 0.3) is 0 Å². The van der Waals surface area contributed by atoms with Gasteiger partial charge in [0.05, 0.1) is 5.69 Å². The quantitative estimate of drug-likeness (QED) is 0.224. The molecule has 0 aliphatic heterocycles. The number of benzene rings is 2. The first-order chi connectivity index (χ1) is 18.0. The first kappa shape index (κ1) is 26.5. The summed E-state index contributed by atoms with van der Waals surface area (Å²) < 4.78 is 60.6. The second-order valence-electron chi connectivity index (χ2n) is 8.32. The first-order valence-electron chi connectivity index (χ1n) is 11.2. The van der Waals surface area contributed by atoms with Crippen LogP contribution < -0.4 is 16.2 Å². The van der Waals surface area contributed by atoms with Crippen LogP contribution in [0.25, 0.3) is 22.4 Å². The van der Waals surface area contributed by atoms with Gasteiger partial charge < -0.3 is 21.3 Å². The summed E-state index contributed by atoms with van der Waals surface area (Å²) in [6, 6.07) is 14.6. The molecule has 38 heavy (non-hydrogen) atoms. The molecule has 2 aromatic heterocycles. The molecule has 0 spiro atoms. The van der Waals surface area contributed by atoms with Crippen LogP contribution in [-0.2, 0) is 11.2 Å². The molecule has 0 fully saturated rings. The molecule has 0 saturated carbocycles. The average molecular weight is 527 g/mol. The van der Waals surface area contributed by atoms with E-state index >= 15 is 0 Å². The second-order valence-corrected chi connectivity index (χ2v) is 8.32. The lowest BCUT2D eigenvalue weighted by Gasteiger charge is -2.22. The van der Waals surface area contributed by atoms with Crippen LogP contribution >= 0.6 is 0 Å². The fourth-order valence-corrected chi connectivity index (χ4v) is 3.68. The van der Waals surface area contributed by atoms with E-state index in [2.05, 4.69) is 15.0 Å². The number of hydrogen-bond acceptors (Lipinski definition) is 7. The molecule has 5 N–H and O–H groups in total. The molecule has 196 valence electrons. The molecule has 2 atom stereocenters. The monoisotopic (exact) mass is 527 g/mol. The number of anilines is 1. The van der Waals surface area contributed by atoms with Gasteiger partial charge >= 0.3 is 12.1 Å². The van der Waals surface area contributed by atoms with Crippen molar-refractivity contribution in [1.82, 2.24) is 15.0 Å². The standard InChI is InChI=1S/C26H21F4N5O3/c27-21-12-18(9-10-33-21)15-5-7-17(8-6-15)23(26(28,29)30)38-22-13-20(34-25(32)35-22)16-3-1-14(2-4-16)11-19(31)24(36)37/h1-10,12-13,19,23H,11,31H2,(H,36,37)(H2,32,34,35)/t19?,23-/m0/s1. The zero-order chi connectivity index (χ0) is 27.4. The van der Waals surface area contributed by atoms with Crippen LogP contribution in [0.2, 0.25) is 0 Å². The Balaban J connectivity index is 1.58. The average Bonchev–Trinajstić information content (AvgIpc) is 2.87. The zero-order valence-electron chi connectivity index (χ0n) is 19.6. The second kappa shape index (κ2) is 10.8. The van der Waals surface area contributed by atoms with E-state index in [9.17, 15) is 22.4 Å². The van der Waals surface area contributed by atoms with Crippen molar-refractivity contribution in [2.24, 2.45) is 5.73 Å². The van der Waals surface area contributed by atoms with Crippen molar-refractivity contribution >= 4 is 11.9 Å². The molecule has 4 rings (SSSR count). The number of aliphatic carboxylic acids is 1. The summed E-state index contributed by atoms with van der Waals surface area (Å²) in [5.74, 6) is -2.55. The van der Waals surface area contributed by atoms with E-state index in [1.807, 2.05) is 0 Å². The van der Waals surface area contributed by atoms with E-state index < -0.39 is 36.1 Å². The molecule has 0 radical (unpaired) electrons. The van der Waals surface area contributed by atoms with Crippen molar-refractivity contribution in [3.63, 3.8) is 0 Å². The summed E-state index contributed by atoms with van der Waals surface area (Å²) in [6.07, 6.45) is -5.81. The summed E-state index contributed by atoms with van der Waals surface area (Å²) >= 11 is 0. The number of halogens is 4. The van der Waals surface area contributed by atoms with Crippen molar-refractivity contribution in [3.8, 4) is 28.3 Å². The lowest BCUT2D eigenvalue weighted by atomic mass is 10.0. The van der Waals surface area contributed by atoms with Crippen LogP contribution in [-0.4, -0.2) is 38.2 Å². The van der Waals surface area contributed by atoms with Crippen molar-refractivity contribution in [3.05, 3.63) is 90.0 Å². The molecule has 2 aromatic carbocycles. The summed E-state index contributed by atoms with van der Waals surface area (Å²) in [5.41, 5.74) is 13.4. The van der Waals surface area contributed by atoms with Gasteiger partial charge in [0.15, 0.2) is 0 Å². The van der Waals surface area contributed by atoms with Gasteiger partial charge in [0.2, 0.25) is 23.9 Å². The summed E-state index contributed by atoms with van der Waals surface area (Å²) in [6.45, 7) is 0. The maximum absolute atomic E-state index is 14.0. The van der Waals surface area contributed by atoms with E-state index in [-0.39, 0.29) is 23.6 Å². The fourth-order valence-electron chi connectivity index (χ4n) is 3.68. The molecule has 0 amide bonds. The molecular weight excluding hydrogens is 506 g/mol. The van der Waals surface area contributed by atoms with Crippen LogP contribution in [0.1, 0.15) is 17.2 Å². The largest absolute Gasteiger partial charge is 0.480 e. The van der Waals surface area contributed by atoms with Gasteiger partial charge in [-0.05, 0) is 29.2 Å². The molecular formula is C26H21F4N5O3. The maximum atomic E-state index is 14.0. The van der Waals surface area contributed by atoms with E-state index in [0.717, 1.165) is 0 Å². The minimum atomic E-state index is -4.80. The molecule has 0 aliphatic rings. The molecule has 4 aromatic rings. The third-order valence-electron chi connectivity index (χ3n) is 5.55. The molecule has 0 aliphatic carbocycles. The van der Waals surface area contributed by atoms with Crippen molar-refractivity contribution in [1.29, 1.82) is 0 Å². The van der Waals surface area contributed by atoms with Crippen LogP contribution in [0, 0.1) is 5.95 Å². The van der Waals surface area contributed by atoms with E-state index in [1.165, 1.54) is 48.7 Å². The smallest absolute Gasteiger partial charge is 0.429 e. The number of hydrogen-bond donors (Lipinski definition) is 3. The number of nitrogen functional groups attached to an aromatic ring is 1. The van der Waals surface area contributed by atoms with Gasteiger partial charge in [-0.3, -0.25) is 4.79 Å². The predicted molar refractivity (Wildman–Crippen MR) is 130 cm³/mol. The van der Waals surface area contributed by atoms with Gasteiger partial charge in [-0.1, -0.05) is 48.5 Å². The van der Waals surface area contributed by atoms with Gasteiger partial charge in [-0.25, -0.2) is 9.97 Å². The summed E-state index contributed by atoms with van der Waals surface area (Å²) in [7, 11) is 0. The number of aromatic nitrogens is 3. The Bertz CT molecular complexity index is 1430. The van der Waals surface area contributed by atoms with Crippen LogP contribution in [0.5, 0.6) is 5.88 Å². The Morgan fingerprint density at radius 3 is 2.21 bits per heavy atom. The SMILES string of the molecule is Nc1nc(O[C@@H](c2ccc(-c3ccnc(F)c3)cc2)C(F)(F)F)cc(-c2ccc(CC(N)C(=O)O)cc2)n1. The van der Waals surface area contributed by atoms with Crippen molar-refractivity contribution in [2.75, 3.05) is 5.73 Å². The number of alkyl halides is 3. The maximum Gasteiger partial charge on any atom is 0.429 e. The number of ether oxygens (including phenoxy) is 1. The minimum Gasteiger partial charge on any atom is -0.480 e. The van der Waals surface area contributed by atoms with Gasteiger partial charge in [-0.2, -0.15) is 22.5 Å². The van der Waals surface area contributed by atoms with Gasteiger partial charge in [-0.15, -0.1) is 0 Å². The first-order valence-corrected chi connectivity index (χ1v) is 11.2. The van der Waals surface area contributed by atoms with E-state index in [0.29, 0.717) is 22.3 Å². The third-order valence-corrected chi connectivity index (χ3v) is 5.55. The summed E-state index contributed by atoms with van der Waals surface area (Å²) in [5, 5.41) is 8.96. The number of rotatable bonds is 8. The van der Waals surface area contributed by atoms with Crippen LogP contribution in [0.4, 0.5) is 23.5 Å². The van der Waals surface area contributed by atoms with E-state index in [4.69, 9.17) is 21.3 Å². The zero-order valence-corrected chi connectivity index (χ0v) is 19.6. The number of pyridine rings is 1. The van der Waals surface area contributed by atoms with Gasteiger partial charge in [0.1, 0.15) is 6.04 Å². The molecule has 0 bridgehead atoms. The lowest BCUT2D eigenvalue weighted by Crippen LogP contribution is -2.32. The molecule has 2 heterocycles. The van der Waals surface area contributed by atoms with Crippen molar-refractivity contribution < 1.29 is 32.2 Å². The number of carboxylic acids is 1. The number of nitrogens with zero attached hydrogens (tertiary/aromatic N) is 3. The highest BCUT2D eigenvalue weighted by molar-refractivity contribution is 5.73. The molecule has 1 unspecified atom stereocenters. The Labute approximate surface area is 213 Å². The Kier molecular flexibility index (Phi) is 7.53. The minimum absolute atomic E-state index is 0.0953. The molecule has 12 heteroatoms. The molecule has 8 nitrogen and oxygen atoms in total. The number of nitrogens with two attached hydrogens (primary N) is 2. The third kappa shape index (κ3) is 6.40. The van der Waals surface area contributed by atoms with Crippen LogP contribution in [0.3, 0.4) is 0 Å². The molecule has 0 saturated heterocycles. The highest BCUT2D eigenvalue weighted by Crippen LogP contribution is 2.38. The van der Waals surface area contributed by atoms with Gasteiger partial charge in [0, 0.05) is 29.5 Å². The van der Waals surface area contributed by atoms with E-state index in [1.54, 1.807) is 24.3 Å². The Morgan fingerprint density at radius 1 is 0.947 bits per heavy atom. The highest BCUT2D eigenvalue weighted by Gasteiger charge is 2.43. The lowest BCUT2D eigenvalue weighted by molar-refractivity contribution is -0.198. The topological polar surface area (TPSA) is 137 Å². The normalized spacial score (nSPS) is 13.1. The van der Waals surface area contributed by atoms with Crippen molar-refractivity contribution in [2.45, 2.75) is 24.7 Å². The fraction of sp³-hybridized carbons (Fsp3) is 0.154. The summed E-state index contributed by atoms with van der Waals surface area (Å²) in [4.78, 5) is 22.3. The Hall–Kier alpha value is -4.58. The predicted octanol–water partition coefficient (Wildman–Crippen LogP) is 4.56.